The van der Waals surface area contributed by atoms with Crippen LogP contribution >= 0.6 is 0 Å². The number of para-hydroxylation sites is 1. The van der Waals surface area contributed by atoms with Crippen LogP contribution in [0.2, 0.25) is 10.1 Å². The van der Waals surface area contributed by atoms with Gasteiger partial charge in [0, 0.05) is 18.8 Å². The molecular weight excluding hydrogens is 318 g/mol. The summed E-state index contributed by atoms with van der Waals surface area (Å²) in [5.74, 6) is 0. The molecule has 5 heteroatoms. The molecule has 1 aromatic carbocycles. The van der Waals surface area contributed by atoms with Crippen LogP contribution in [0.3, 0.4) is 0 Å². The SMILES string of the molecule is CC(C)(C)[Si]OCCN(CCO[Si]C(C)(C)C)c1ccccc1. The summed E-state index contributed by atoms with van der Waals surface area (Å²) in [6, 6.07) is 10.5. The van der Waals surface area contributed by atoms with Gasteiger partial charge in [0.2, 0.25) is 19.5 Å². The van der Waals surface area contributed by atoms with Crippen molar-refractivity contribution in [2.75, 3.05) is 31.2 Å². The number of hydrogen-bond donors (Lipinski definition) is 0. The molecule has 0 aliphatic heterocycles. The monoisotopic (exact) mass is 349 g/mol. The Morgan fingerprint density at radius 2 is 1.22 bits per heavy atom. The third kappa shape index (κ3) is 10.7. The molecule has 128 valence electrons. The van der Waals surface area contributed by atoms with E-state index >= 15 is 0 Å². The Hall–Kier alpha value is -0.626. The van der Waals surface area contributed by atoms with E-state index in [2.05, 4.69) is 76.8 Å². The summed E-state index contributed by atoms with van der Waals surface area (Å²) in [7, 11) is 1.07. The second-order valence-corrected chi connectivity index (χ2v) is 11.7. The van der Waals surface area contributed by atoms with Gasteiger partial charge in [-0.1, -0.05) is 59.7 Å². The molecule has 0 unspecified atom stereocenters. The number of rotatable bonds is 9. The second-order valence-electron chi connectivity index (χ2n) is 7.72. The van der Waals surface area contributed by atoms with Crippen LogP contribution in [-0.2, 0) is 8.85 Å². The molecule has 0 aliphatic rings. The average Bonchev–Trinajstić information content (AvgIpc) is 2.44. The third-order valence-corrected chi connectivity index (χ3v) is 4.73. The van der Waals surface area contributed by atoms with Crippen molar-refractivity contribution in [1.82, 2.24) is 0 Å². The summed E-state index contributed by atoms with van der Waals surface area (Å²) in [4.78, 5) is 2.35. The molecular formula is C18H31NO2Si2. The number of benzene rings is 1. The molecule has 1 aromatic rings. The van der Waals surface area contributed by atoms with Crippen LogP contribution in [0, 0.1) is 0 Å². The Labute approximate surface area is 147 Å². The maximum atomic E-state index is 5.86. The van der Waals surface area contributed by atoms with Crippen LogP contribution in [0.4, 0.5) is 5.69 Å². The molecule has 0 bridgehead atoms. The van der Waals surface area contributed by atoms with Gasteiger partial charge in [-0.15, -0.1) is 0 Å². The van der Waals surface area contributed by atoms with Crippen LogP contribution in [-0.4, -0.2) is 45.8 Å². The highest BCUT2D eigenvalue weighted by molar-refractivity contribution is 6.32. The molecule has 0 heterocycles. The van der Waals surface area contributed by atoms with Gasteiger partial charge in [-0.05, 0) is 22.2 Å². The van der Waals surface area contributed by atoms with Gasteiger partial charge in [0.05, 0.1) is 13.2 Å². The molecule has 3 nitrogen and oxygen atoms in total. The van der Waals surface area contributed by atoms with Crippen molar-refractivity contribution in [1.29, 1.82) is 0 Å². The zero-order valence-corrected chi connectivity index (χ0v) is 17.5. The van der Waals surface area contributed by atoms with E-state index in [1.54, 1.807) is 0 Å². The van der Waals surface area contributed by atoms with Gasteiger partial charge in [0.25, 0.3) is 0 Å². The van der Waals surface area contributed by atoms with Crippen LogP contribution in [0.25, 0.3) is 0 Å². The topological polar surface area (TPSA) is 21.7 Å². The molecule has 0 amide bonds. The largest absolute Gasteiger partial charge is 0.415 e. The van der Waals surface area contributed by atoms with Gasteiger partial charge in [-0.2, -0.15) is 0 Å². The third-order valence-electron chi connectivity index (χ3n) is 2.80. The number of nitrogens with zero attached hydrogens (tertiary/aromatic N) is 1. The molecule has 0 fully saturated rings. The van der Waals surface area contributed by atoms with Crippen molar-refractivity contribution in [3.63, 3.8) is 0 Å². The van der Waals surface area contributed by atoms with Gasteiger partial charge in [0.15, 0.2) is 0 Å². The van der Waals surface area contributed by atoms with Gasteiger partial charge < -0.3 is 13.8 Å². The summed E-state index contributed by atoms with van der Waals surface area (Å²) in [6.07, 6.45) is 0. The fraction of sp³-hybridized carbons (Fsp3) is 0.667. The van der Waals surface area contributed by atoms with Crippen LogP contribution in [0.1, 0.15) is 41.5 Å². The highest BCUT2D eigenvalue weighted by atomic mass is 28.2. The Kier molecular flexibility index (Phi) is 8.54. The minimum absolute atomic E-state index is 0.245. The lowest BCUT2D eigenvalue weighted by molar-refractivity contribution is 0.306. The molecule has 0 saturated heterocycles. The molecule has 0 atom stereocenters. The Bertz CT molecular complexity index is 405. The molecule has 0 aromatic heterocycles. The van der Waals surface area contributed by atoms with Gasteiger partial charge in [-0.3, -0.25) is 0 Å². The first-order chi connectivity index (χ1) is 10.7. The highest BCUT2D eigenvalue weighted by Crippen LogP contribution is 2.21. The molecule has 23 heavy (non-hydrogen) atoms. The van der Waals surface area contributed by atoms with Crippen molar-refractivity contribution in [3.8, 4) is 0 Å². The standard InChI is InChI=1S/C18H31NO2Si2/c1-17(2,3)22-20-14-12-19(16-10-8-7-9-11-16)13-15-21-23-18(4,5)6/h7-11H,12-15H2,1-6H3. The summed E-state index contributed by atoms with van der Waals surface area (Å²) >= 11 is 0. The van der Waals surface area contributed by atoms with E-state index in [0.29, 0.717) is 19.5 Å². The lowest BCUT2D eigenvalue weighted by atomic mass is 10.3. The lowest BCUT2D eigenvalue weighted by Crippen LogP contribution is -2.32. The fourth-order valence-corrected chi connectivity index (χ4v) is 3.11. The van der Waals surface area contributed by atoms with Crippen molar-refractivity contribution in [3.05, 3.63) is 30.3 Å². The van der Waals surface area contributed by atoms with E-state index in [9.17, 15) is 0 Å². The van der Waals surface area contributed by atoms with Gasteiger partial charge >= 0.3 is 0 Å². The Balaban J connectivity index is 2.44. The maximum absolute atomic E-state index is 5.86. The predicted octanol–water partition coefficient (Wildman–Crippen LogP) is 4.20. The smallest absolute Gasteiger partial charge is 0.235 e. The highest BCUT2D eigenvalue weighted by Gasteiger charge is 2.15. The molecule has 1 rings (SSSR count). The molecule has 0 aliphatic carbocycles. The van der Waals surface area contributed by atoms with Crippen molar-refractivity contribution >= 4 is 25.2 Å². The summed E-state index contributed by atoms with van der Waals surface area (Å²) < 4.78 is 11.7. The van der Waals surface area contributed by atoms with E-state index in [1.165, 1.54) is 5.69 Å². The molecule has 0 saturated carbocycles. The normalized spacial score (nSPS) is 12.4. The minimum atomic E-state index is 0.245. The fourth-order valence-electron chi connectivity index (χ4n) is 1.86. The molecule has 0 N–H and O–H groups in total. The van der Waals surface area contributed by atoms with E-state index < -0.39 is 0 Å². The van der Waals surface area contributed by atoms with Gasteiger partial charge in [-0.25, -0.2) is 0 Å². The maximum Gasteiger partial charge on any atom is 0.235 e. The lowest BCUT2D eigenvalue weighted by Gasteiger charge is -2.26. The zero-order valence-electron chi connectivity index (χ0n) is 15.5. The second kappa shape index (κ2) is 9.62. The Morgan fingerprint density at radius 3 is 1.61 bits per heavy atom. The molecule has 0 spiro atoms. The summed E-state index contributed by atoms with van der Waals surface area (Å²) in [6.45, 7) is 16.6. The quantitative estimate of drug-likeness (QED) is 0.492. The molecule has 4 radical (unpaired) electrons. The number of hydrogen-bond acceptors (Lipinski definition) is 3. The van der Waals surface area contributed by atoms with E-state index in [0.717, 1.165) is 26.3 Å². The summed E-state index contributed by atoms with van der Waals surface area (Å²) in [5.41, 5.74) is 1.23. The van der Waals surface area contributed by atoms with Crippen LogP contribution < -0.4 is 4.90 Å². The Morgan fingerprint density at radius 1 is 0.783 bits per heavy atom. The first-order valence-electron chi connectivity index (χ1n) is 8.25. The number of anilines is 1. The van der Waals surface area contributed by atoms with Gasteiger partial charge in [0.1, 0.15) is 0 Å². The van der Waals surface area contributed by atoms with Crippen LogP contribution in [0.15, 0.2) is 30.3 Å². The summed E-state index contributed by atoms with van der Waals surface area (Å²) in [5, 5.41) is 0.489. The van der Waals surface area contributed by atoms with Crippen molar-refractivity contribution in [2.24, 2.45) is 0 Å². The van der Waals surface area contributed by atoms with Crippen molar-refractivity contribution in [2.45, 2.75) is 51.6 Å². The van der Waals surface area contributed by atoms with E-state index in [4.69, 9.17) is 8.85 Å². The zero-order chi connectivity index (χ0) is 17.3. The van der Waals surface area contributed by atoms with E-state index in [1.807, 2.05) is 0 Å². The first-order valence-corrected chi connectivity index (χ1v) is 10.1. The first kappa shape index (κ1) is 20.4. The average molecular weight is 350 g/mol. The van der Waals surface area contributed by atoms with Crippen molar-refractivity contribution < 1.29 is 8.85 Å². The van der Waals surface area contributed by atoms with Crippen LogP contribution in [0.5, 0.6) is 0 Å². The minimum Gasteiger partial charge on any atom is -0.415 e. The van der Waals surface area contributed by atoms with E-state index in [-0.39, 0.29) is 10.1 Å². The predicted molar refractivity (Wildman–Crippen MR) is 101 cm³/mol.